The topological polar surface area (TPSA) is 80.6 Å². The molecule has 1 unspecified atom stereocenters. The average Bonchev–Trinajstić information content (AvgIpc) is 3.34. The summed E-state index contributed by atoms with van der Waals surface area (Å²) in [6.45, 7) is 0. The molecular formula is C20H15F3N6O. The number of fused-ring (bicyclic) bond motifs is 2. The van der Waals surface area contributed by atoms with Crippen molar-refractivity contribution in [3.63, 3.8) is 0 Å². The minimum atomic E-state index is -3.55. The summed E-state index contributed by atoms with van der Waals surface area (Å²) < 4.78 is 47.9. The first-order chi connectivity index (χ1) is 14.3. The fraction of sp³-hybridized carbons (Fsp3) is 0.200. The summed E-state index contributed by atoms with van der Waals surface area (Å²) in [7, 11) is 1.70. The SMILES string of the molecule is Cn1cc(-c2cc(F)c3nnc(C(F)(F)c4ccc5c(c4)CC(O)C=N5)n3c2)cn1. The number of hydrogen-bond donors (Lipinski definition) is 1. The van der Waals surface area contributed by atoms with Crippen LogP contribution in [0.4, 0.5) is 18.9 Å². The Morgan fingerprint density at radius 2 is 1.97 bits per heavy atom. The van der Waals surface area contributed by atoms with Crippen LogP contribution in [-0.2, 0) is 19.4 Å². The number of benzene rings is 1. The van der Waals surface area contributed by atoms with Crippen LogP contribution in [0.1, 0.15) is 17.0 Å². The van der Waals surface area contributed by atoms with E-state index in [1.807, 2.05) is 0 Å². The Morgan fingerprint density at radius 3 is 2.73 bits per heavy atom. The molecular weight excluding hydrogens is 397 g/mol. The third-order valence-electron chi connectivity index (χ3n) is 5.04. The highest BCUT2D eigenvalue weighted by atomic mass is 19.3. The predicted molar refractivity (Wildman–Crippen MR) is 102 cm³/mol. The molecule has 0 radical (unpaired) electrons. The Bertz CT molecular complexity index is 1310. The van der Waals surface area contributed by atoms with Gasteiger partial charge in [0.2, 0.25) is 5.82 Å². The molecule has 0 spiro atoms. The van der Waals surface area contributed by atoms with Gasteiger partial charge in [0, 0.05) is 48.8 Å². The number of aromatic nitrogens is 5. The Kier molecular flexibility index (Phi) is 4.00. The van der Waals surface area contributed by atoms with Crippen molar-refractivity contribution in [3.05, 3.63) is 65.6 Å². The predicted octanol–water partition coefficient (Wildman–Crippen LogP) is 3.03. The quantitative estimate of drug-likeness (QED) is 0.561. The minimum absolute atomic E-state index is 0.184. The molecule has 30 heavy (non-hydrogen) atoms. The molecule has 0 aliphatic carbocycles. The number of nitrogens with zero attached hydrogens (tertiary/aromatic N) is 6. The number of halogens is 3. The zero-order valence-electron chi connectivity index (χ0n) is 15.7. The van der Waals surface area contributed by atoms with Gasteiger partial charge in [0.25, 0.3) is 0 Å². The van der Waals surface area contributed by atoms with Crippen molar-refractivity contribution in [1.82, 2.24) is 24.4 Å². The van der Waals surface area contributed by atoms with Gasteiger partial charge in [-0.05, 0) is 23.8 Å². The van der Waals surface area contributed by atoms with Gasteiger partial charge in [0.15, 0.2) is 11.5 Å². The molecule has 7 nitrogen and oxygen atoms in total. The van der Waals surface area contributed by atoms with Crippen LogP contribution in [0.3, 0.4) is 0 Å². The van der Waals surface area contributed by atoms with E-state index in [1.165, 1.54) is 47.6 Å². The van der Waals surface area contributed by atoms with Crippen LogP contribution >= 0.6 is 0 Å². The molecule has 4 aromatic rings. The number of aliphatic hydroxyl groups excluding tert-OH is 1. The van der Waals surface area contributed by atoms with Gasteiger partial charge < -0.3 is 5.11 Å². The van der Waals surface area contributed by atoms with Crippen molar-refractivity contribution >= 4 is 17.5 Å². The van der Waals surface area contributed by atoms with E-state index in [4.69, 9.17) is 0 Å². The van der Waals surface area contributed by atoms with Crippen molar-refractivity contribution in [1.29, 1.82) is 0 Å². The Balaban J connectivity index is 1.64. The molecule has 5 rings (SSSR count). The summed E-state index contributed by atoms with van der Waals surface area (Å²) in [5.41, 5.74) is 1.33. The number of aliphatic imine (C=N–C) groups is 1. The molecule has 1 aliphatic heterocycles. The second kappa shape index (κ2) is 6.49. The van der Waals surface area contributed by atoms with Gasteiger partial charge in [-0.15, -0.1) is 10.2 Å². The highest BCUT2D eigenvalue weighted by Gasteiger charge is 2.40. The van der Waals surface area contributed by atoms with Gasteiger partial charge in [-0.1, -0.05) is 6.07 Å². The summed E-state index contributed by atoms with van der Waals surface area (Å²) in [6.07, 6.45) is 5.26. The van der Waals surface area contributed by atoms with Crippen LogP contribution in [0.5, 0.6) is 0 Å². The summed E-state index contributed by atoms with van der Waals surface area (Å²) in [6, 6.07) is 5.21. The highest BCUT2D eigenvalue weighted by molar-refractivity contribution is 5.73. The van der Waals surface area contributed by atoms with E-state index in [0.717, 1.165) is 4.40 Å². The lowest BCUT2D eigenvalue weighted by molar-refractivity contribution is 0.0316. The average molecular weight is 412 g/mol. The molecule has 1 aliphatic rings. The van der Waals surface area contributed by atoms with Crippen molar-refractivity contribution in [2.75, 3.05) is 0 Å². The largest absolute Gasteiger partial charge is 0.387 e. The van der Waals surface area contributed by atoms with E-state index < -0.39 is 23.7 Å². The maximum absolute atomic E-state index is 15.4. The van der Waals surface area contributed by atoms with Crippen LogP contribution in [0.2, 0.25) is 0 Å². The number of rotatable bonds is 3. The first kappa shape index (κ1) is 18.5. The van der Waals surface area contributed by atoms with Crippen LogP contribution in [0.25, 0.3) is 16.8 Å². The highest BCUT2D eigenvalue weighted by Crippen LogP contribution is 2.38. The van der Waals surface area contributed by atoms with Crippen LogP contribution < -0.4 is 0 Å². The lowest BCUT2D eigenvalue weighted by Crippen LogP contribution is -2.21. The molecule has 3 aromatic heterocycles. The van der Waals surface area contributed by atoms with E-state index in [2.05, 4.69) is 20.3 Å². The molecule has 0 saturated carbocycles. The summed E-state index contributed by atoms with van der Waals surface area (Å²) in [5.74, 6) is -5.03. The second-order valence-corrected chi connectivity index (χ2v) is 7.16. The molecule has 152 valence electrons. The maximum Gasteiger partial charge on any atom is 0.332 e. The van der Waals surface area contributed by atoms with Crippen molar-refractivity contribution < 1.29 is 18.3 Å². The molecule has 1 aromatic carbocycles. The third-order valence-corrected chi connectivity index (χ3v) is 5.04. The zero-order valence-corrected chi connectivity index (χ0v) is 15.7. The number of hydrogen-bond acceptors (Lipinski definition) is 5. The molecule has 0 fully saturated rings. The zero-order chi connectivity index (χ0) is 21.0. The molecule has 4 heterocycles. The monoisotopic (exact) mass is 412 g/mol. The van der Waals surface area contributed by atoms with Crippen molar-refractivity contribution in [2.24, 2.45) is 12.0 Å². The van der Waals surface area contributed by atoms with Crippen molar-refractivity contribution in [2.45, 2.75) is 18.4 Å². The molecule has 1 atom stereocenters. The number of aryl methyl sites for hydroxylation is 1. The standard InChI is InChI=1S/C20H15F3N6O/c1-28-9-13(7-25-28)12-6-16(21)18-26-27-19(29(18)10-12)20(22,23)14-2-3-17-11(4-14)5-15(30)8-24-17/h2-4,6-10,15,30H,5H2,1H3. The first-order valence-corrected chi connectivity index (χ1v) is 9.10. The maximum atomic E-state index is 15.4. The molecule has 1 N–H and O–H groups in total. The van der Waals surface area contributed by atoms with Crippen LogP contribution in [-0.4, -0.2) is 41.8 Å². The summed E-state index contributed by atoms with van der Waals surface area (Å²) in [4.78, 5) is 4.06. The first-order valence-electron chi connectivity index (χ1n) is 9.10. The van der Waals surface area contributed by atoms with Crippen molar-refractivity contribution in [3.8, 4) is 11.1 Å². The van der Waals surface area contributed by atoms with Gasteiger partial charge in [-0.2, -0.15) is 13.9 Å². The number of aliphatic hydroxyl groups is 1. The molecule has 0 amide bonds. The Morgan fingerprint density at radius 1 is 1.13 bits per heavy atom. The minimum Gasteiger partial charge on any atom is -0.387 e. The fourth-order valence-corrected chi connectivity index (χ4v) is 3.54. The normalized spacial score (nSPS) is 16.2. The van der Waals surface area contributed by atoms with Crippen LogP contribution in [0, 0.1) is 5.82 Å². The lowest BCUT2D eigenvalue weighted by Gasteiger charge is -2.19. The van der Waals surface area contributed by atoms with E-state index in [9.17, 15) is 9.50 Å². The number of pyridine rings is 1. The molecule has 10 heteroatoms. The van der Waals surface area contributed by atoms with E-state index in [1.54, 1.807) is 13.2 Å². The molecule has 0 saturated heterocycles. The second-order valence-electron chi connectivity index (χ2n) is 7.16. The fourth-order valence-electron chi connectivity index (χ4n) is 3.54. The summed E-state index contributed by atoms with van der Waals surface area (Å²) >= 11 is 0. The van der Waals surface area contributed by atoms with E-state index in [-0.39, 0.29) is 17.6 Å². The van der Waals surface area contributed by atoms with Gasteiger partial charge >= 0.3 is 5.92 Å². The Labute approximate surface area is 168 Å². The lowest BCUT2D eigenvalue weighted by atomic mass is 9.98. The van der Waals surface area contributed by atoms with Gasteiger partial charge in [-0.25, -0.2) is 4.39 Å². The summed E-state index contributed by atoms with van der Waals surface area (Å²) in [5, 5.41) is 21.0. The number of alkyl halides is 2. The van der Waals surface area contributed by atoms with E-state index >= 15 is 8.78 Å². The van der Waals surface area contributed by atoms with Gasteiger partial charge in [0.1, 0.15) is 0 Å². The van der Waals surface area contributed by atoms with E-state index in [0.29, 0.717) is 22.4 Å². The van der Waals surface area contributed by atoms with Gasteiger partial charge in [0.05, 0.1) is 18.0 Å². The third kappa shape index (κ3) is 2.88. The Hall–Kier alpha value is -3.53. The smallest absolute Gasteiger partial charge is 0.332 e. The molecule has 0 bridgehead atoms. The van der Waals surface area contributed by atoms with Crippen LogP contribution in [0.15, 0.2) is 47.8 Å². The van der Waals surface area contributed by atoms with Gasteiger partial charge in [-0.3, -0.25) is 14.1 Å².